The molecule has 0 aromatic heterocycles. The lowest BCUT2D eigenvalue weighted by atomic mass is 9.91. The maximum absolute atomic E-state index is 13.7. The van der Waals surface area contributed by atoms with Crippen LogP contribution < -0.4 is 15.0 Å². The van der Waals surface area contributed by atoms with E-state index in [4.69, 9.17) is 16.3 Å². The standard InChI is InChI=1S/C25H30ClN3O5S/c1-25(24(31)27-19-8-4-3-5-9-19)17-28(35(32,33)22-13-11-21(34-2)12-14-22)16-23(30)29(25)20-10-6-7-18(26)15-20/h6-7,10-15,19H,3-5,8-9,16-17H2,1-2H3,(H,27,31)/t25-/m1/s1. The van der Waals surface area contributed by atoms with E-state index in [2.05, 4.69) is 5.32 Å². The van der Waals surface area contributed by atoms with E-state index in [1.54, 1.807) is 43.3 Å². The van der Waals surface area contributed by atoms with Crippen molar-refractivity contribution in [2.45, 2.75) is 55.5 Å². The van der Waals surface area contributed by atoms with Gasteiger partial charge in [-0.1, -0.05) is 36.9 Å². The van der Waals surface area contributed by atoms with Crippen molar-refractivity contribution in [2.24, 2.45) is 0 Å². The van der Waals surface area contributed by atoms with Crippen molar-refractivity contribution in [1.82, 2.24) is 9.62 Å². The van der Waals surface area contributed by atoms with Crippen LogP contribution in [0.25, 0.3) is 0 Å². The number of halogens is 1. The molecule has 8 nitrogen and oxygen atoms in total. The molecule has 1 saturated carbocycles. The normalized spacial score (nSPS) is 22.1. The van der Waals surface area contributed by atoms with Gasteiger partial charge in [-0.15, -0.1) is 0 Å². The van der Waals surface area contributed by atoms with E-state index in [1.807, 2.05) is 0 Å². The summed E-state index contributed by atoms with van der Waals surface area (Å²) >= 11 is 6.19. The Kier molecular flexibility index (Phi) is 7.40. The second-order valence-corrected chi connectivity index (χ2v) is 11.6. The Morgan fingerprint density at radius 1 is 1.11 bits per heavy atom. The topological polar surface area (TPSA) is 96.0 Å². The summed E-state index contributed by atoms with van der Waals surface area (Å²) in [6.07, 6.45) is 4.90. The summed E-state index contributed by atoms with van der Waals surface area (Å²) in [6, 6.07) is 12.6. The highest BCUT2D eigenvalue weighted by atomic mass is 35.5. The van der Waals surface area contributed by atoms with E-state index in [1.165, 1.54) is 24.1 Å². The molecule has 2 aromatic rings. The van der Waals surface area contributed by atoms with E-state index in [0.717, 1.165) is 36.4 Å². The molecule has 188 valence electrons. The molecule has 1 aliphatic carbocycles. The molecule has 2 fully saturated rings. The Balaban J connectivity index is 1.71. The smallest absolute Gasteiger partial charge is 0.247 e. The van der Waals surface area contributed by atoms with Crippen LogP contribution in [0, 0.1) is 0 Å². The zero-order valence-electron chi connectivity index (χ0n) is 19.9. The first-order chi connectivity index (χ1) is 16.6. The van der Waals surface area contributed by atoms with Gasteiger partial charge in [0.1, 0.15) is 11.3 Å². The molecule has 2 amide bonds. The first kappa shape index (κ1) is 25.5. The molecule has 10 heteroatoms. The van der Waals surface area contributed by atoms with Crippen molar-refractivity contribution < 1.29 is 22.7 Å². The molecule has 35 heavy (non-hydrogen) atoms. The van der Waals surface area contributed by atoms with Gasteiger partial charge in [0.25, 0.3) is 0 Å². The Morgan fingerprint density at radius 2 is 1.80 bits per heavy atom. The van der Waals surface area contributed by atoms with E-state index < -0.39 is 28.0 Å². The van der Waals surface area contributed by atoms with Crippen molar-refractivity contribution in [3.05, 3.63) is 53.6 Å². The summed E-state index contributed by atoms with van der Waals surface area (Å²) in [7, 11) is -2.55. The number of rotatable bonds is 6. The minimum absolute atomic E-state index is 0.00189. The minimum Gasteiger partial charge on any atom is -0.497 e. The number of benzene rings is 2. The van der Waals surface area contributed by atoms with Crippen LogP contribution in [-0.4, -0.2) is 56.3 Å². The largest absolute Gasteiger partial charge is 0.497 e. The van der Waals surface area contributed by atoms with E-state index in [-0.39, 0.29) is 23.4 Å². The Morgan fingerprint density at radius 3 is 2.43 bits per heavy atom. The predicted octanol–water partition coefficient (Wildman–Crippen LogP) is 3.59. The average Bonchev–Trinajstić information content (AvgIpc) is 2.84. The summed E-state index contributed by atoms with van der Waals surface area (Å²) in [5, 5.41) is 3.50. The number of piperazine rings is 1. The van der Waals surface area contributed by atoms with Gasteiger partial charge in [-0.2, -0.15) is 4.31 Å². The van der Waals surface area contributed by atoms with Gasteiger partial charge in [-0.05, 0) is 62.2 Å². The summed E-state index contributed by atoms with van der Waals surface area (Å²) in [5.74, 6) is -0.369. The molecule has 1 saturated heterocycles. The van der Waals surface area contributed by atoms with Crippen molar-refractivity contribution in [1.29, 1.82) is 0 Å². The van der Waals surface area contributed by atoms with Crippen molar-refractivity contribution in [3.8, 4) is 5.75 Å². The SMILES string of the molecule is COc1ccc(S(=O)(=O)N2CC(=O)N(c3cccc(Cl)c3)[C@@](C)(C(=O)NC3CCCCC3)C2)cc1. The maximum Gasteiger partial charge on any atom is 0.247 e. The Labute approximate surface area is 211 Å². The molecule has 0 bridgehead atoms. The third-order valence-electron chi connectivity index (χ3n) is 6.73. The van der Waals surface area contributed by atoms with E-state index in [0.29, 0.717) is 16.5 Å². The van der Waals surface area contributed by atoms with Crippen molar-refractivity contribution in [3.63, 3.8) is 0 Å². The van der Waals surface area contributed by atoms with Crippen LogP contribution in [0.2, 0.25) is 5.02 Å². The van der Waals surface area contributed by atoms with Crippen molar-refractivity contribution >= 4 is 39.1 Å². The van der Waals surface area contributed by atoms with Crippen LogP contribution in [-0.2, 0) is 19.6 Å². The maximum atomic E-state index is 13.7. The van der Waals surface area contributed by atoms with Crippen LogP contribution in [0.3, 0.4) is 0 Å². The van der Waals surface area contributed by atoms with Crippen LogP contribution in [0.4, 0.5) is 5.69 Å². The number of methoxy groups -OCH3 is 1. The fourth-order valence-corrected chi connectivity index (χ4v) is 6.50. The first-order valence-electron chi connectivity index (χ1n) is 11.7. The van der Waals surface area contributed by atoms with E-state index >= 15 is 0 Å². The number of sulfonamides is 1. The third kappa shape index (κ3) is 5.17. The summed E-state index contributed by atoms with van der Waals surface area (Å²) < 4.78 is 33.2. The molecule has 0 radical (unpaired) electrons. The molecule has 2 aliphatic rings. The summed E-state index contributed by atoms with van der Waals surface area (Å²) in [6.45, 7) is 1.02. The number of carbonyl (C=O) groups excluding carboxylic acids is 2. The fraction of sp³-hybridized carbons (Fsp3) is 0.440. The number of nitrogens with one attached hydrogen (secondary N) is 1. The predicted molar refractivity (Wildman–Crippen MR) is 134 cm³/mol. The van der Waals surface area contributed by atoms with Gasteiger partial charge in [-0.25, -0.2) is 8.42 Å². The zero-order chi connectivity index (χ0) is 25.2. The molecule has 1 aliphatic heterocycles. The third-order valence-corrected chi connectivity index (χ3v) is 8.77. The molecule has 0 unspecified atom stereocenters. The van der Waals surface area contributed by atoms with Gasteiger partial charge in [0.2, 0.25) is 21.8 Å². The van der Waals surface area contributed by atoms with Gasteiger partial charge >= 0.3 is 0 Å². The van der Waals surface area contributed by atoms with Crippen molar-refractivity contribution in [2.75, 3.05) is 25.1 Å². The van der Waals surface area contributed by atoms with Crippen LogP contribution in [0.15, 0.2) is 53.4 Å². The zero-order valence-corrected chi connectivity index (χ0v) is 21.4. The number of amides is 2. The van der Waals surface area contributed by atoms with Crippen LogP contribution in [0.5, 0.6) is 5.75 Å². The number of carbonyl (C=O) groups is 2. The van der Waals surface area contributed by atoms with Crippen LogP contribution >= 0.6 is 11.6 Å². The number of anilines is 1. The Bertz CT molecular complexity index is 1200. The second kappa shape index (κ2) is 10.2. The quantitative estimate of drug-likeness (QED) is 0.629. The molecule has 2 aromatic carbocycles. The number of hydrogen-bond donors (Lipinski definition) is 1. The van der Waals surface area contributed by atoms with E-state index in [9.17, 15) is 18.0 Å². The number of hydrogen-bond acceptors (Lipinski definition) is 5. The number of nitrogens with zero attached hydrogens (tertiary/aromatic N) is 2. The molecular weight excluding hydrogens is 490 g/mol. The highest BCUT2D eigenvalue weighted by Gasteiger charge is 2.51. The Hall–Kier alpha value is -2.62. The van der Waals surface area contributed by atoms with Crippen LogP contribution in [0.1, 0.15) is 39.0 Å². The van der Waals surface area contributed by atoms with Gasteiger partial charge in [0, 0.05) is 23.3 Å². The summed E-state index contributed by atoms with van der Waals surface area (Å²) in [4.78, 5) is 28.6. The molecular formula is C25H30ClN3O5S. The first-order valence-corrected chi connectivity index (χ1v) is 13.5. The van der Waals surface area contributed by atoms with Gasteiger partial charge in [0.15, 0.2) is 0 Å². The lowest BCUT2D eigenvalue weighted by Crippen LogP contribution is -2.70. The monoisotopic (exact) mass is 519 g/mol. The second-order valence-electron chi connectivity index (χ2n) is 9.24. The summed E-state index contributed by atoms with van der Waals surface area (Å²) in [5.41, 5.74) is -1.03. The average molecular weight is 520 g/mol. The highest BCUT2D eigenvalue weighted by Crippen LogP contribution is 2.34. The minimum atomic E-state index is -4.05. The molecule has 1 heterocycles. The molecule has 1 N–H and O–H groups in total. The highest BCUT2D eigenvalue weighted by molar-refractivity contribution is 7.89. The molecule has 4 rings (SSSR count). The lowest BCUT2D eigenvalue weighted by Gasteiger charge is -2.47. The van der Waals surface area contributed by atoms with Gasteiger partial charge < -0.3 is 10.1 Å². The number of ether oxygens (including phenoxy) is 1. The fourth-order valence-electron chi connectivity index (χ4n) is 4.84. The van der Waals surface area contributed by atoms with Gasteiger partial charge in [-0.3, -0.25) is 14.5 Å². The molecule has 1 atom stereocenters. The van der Waals surface area contributed by atoms with Gasteiger partial charge in [0.05, 0.1) is 18.6 Å². The lowest BCUT2D eigenvalue weighted by molar-refractivity contribution is -0.133. The molecule has 0 spiro atoms.